The summed E-state index contributed by atoms with van der Waals surface area (Å²) < 4.78 is 11.5. The molecule has 0 bridgehead atoms. The van der Waals surface area contributed by atoms with Gasteiger partial charge in [-0.05, 0) is 56.1 Å². The minimum atomic E-state index is 0.174. The first kappa shape index (κ1) is 20.9. The molecule has 0 fully saturated rings. The van der Waals surface area contributed by atoms with Crippen LogP contribution in [-0.2, 0) is 6.54 Å². The Kier molecular flexibility index (Phi) is 7.71. The minimum Gasteiger partial charge on any atom is -0.496 e. The van der Waals surface area contributed by atoms with E-state index in [0.717, 1.165) is 31.0 Å². The molecule has 0 aliphatic carbocycles. The van der Waals surface area contributed by atoms with E-state index in [1.54, 1.807) is 7.11 Å². The summed E-state index contributed by atoms with van der Waals surface area (Å²) >= 11 is 0. The van der Waals surface area contributed by atoms with Crippen LogP contribution >= 0.6 is 0 Å². The molecule has 1 N–H and O–H groups in total. The van der Waals surface area contributed by atoms with Crippen LogP contribution in [0, 0.1) is 0 Å². The molecule has 0 aliphatic rings. The molecule has 3 aromatic rings. The van der Waals surface area contributed by atoms with Crippen LogP contribution in [0.5, 0.6) is 11.5 Å². The molecule has 0 saturated carbocycles. The summed E-state index contributed by atoms with van der Waals surface area (Å²) in [4.78, 5) is 0. The lowest BCUT2D eigenvalue weighted by molar-refractivity contribution is 0.242. The zero-order valence-corrected chi connectivity index (χ0v) is 17.6. The van der Waals surface area contributed by atoms with Gasteiger partial charge in [0.05, 0.1) is 13.2 Å². The normalized spacial score (nSPS) is 12.0. The Balaban J connectivity index is 1.74. The van der Waals surface area contributed by atoms with E-state index < -0.39 is 0 Å². The lowest BCUT2D eigenvalue weighted by Gasteiger charge is -2.21. The van der Waals surface area contributed by atoms with Gasteiger partial charge < -0.3 is 14.8 Å². The van der Waals surface area contributed by atoms with E-state index in [1.807, 2.05) is 32.0 Å². The van der Waals surface area contributed by atoms with Crippen LogP contribution in [0.1, 0.15) is 42.9 Å². The Hall–Kier alpha value is -2.78. The van der Waals surface area contributed by atoms with Gasteiger partial charge in [0.15, 0.2) is 0 Å². The molecule has 0 saturated heterocycles. The Bertz CT molecular complexity index is 859. The summed E-state index contributed by atoms with van der Waals surface area (Å²) in [7, 11) is 1.74. The van der Waals surface area contributed by atoms with Crippen molar-refractivity contribution in [1.29, 1.82) is 0 Å². The Labute approximate surface area is 174 Å². The van der Waals surface area contributed by atoms with Crippen LogP contribution in [0.15, 0.2) is 78.9 Å². The third-order valence-corrected chi connectivity index (χ3v) is 4.95. The third-order valence-electron chi connectivity index (χ3n) is 4.95. The third kappa shape index (κ3) is 6.10. The molecule has 1 unspecified atom stereocenters. The first-order valence-corrected chi connectivity index (χ1v) is 10.3. The molecule has 0 aromatic heterocycles. The topological polar surface area (TPSA) is 30.5 Å². The van der Waals surface area contributed by atoms with Gasteiger partial charge in [0, 0.05) is 18.0 Å². The molecule has 0 radical (unpaired) electrons. The van der Waals surface area contributed by atoms with E-state index in [9.17, 15) is 0 Å². The molecular weight excluding hydrogens is 358 g/mol. The highest BCUT2D eigenvalue weighted by atomic mass is 16.5. The van der Waals surface area contributed by atoms with Crippen molar-refractivity contribution in [3.63, 3.8) is 0 Å². The number of ether oxygens (including phenoxy) is 2. The van der Waals surface area contributed by atoms with Crippen LogP contribution in [-0.4, -0.2) is 19.8 Å². The lowest BCUT2D eigenvalue weighted by Crippen LogP contribution is -2.18. The maximum atomic E-state index is 5.81. The fourth-order valence-corrected chi connectivity index (χ4v) is 3.58. The fourth-order valence-electron chi connectivity index (χ4n) is 3.58. The van der Waals surface area contributed by atoms with Crippen molar-refractivity contribution in [1.82, 2.24) is 5.32 Å². The van der Waals surface area contributed by atoms with E-state index in [-0.39, 0.29) is 12.0 Å². The van der Waals surface area contributed by atoms with Crippen LogP contribution in [0.4, 0.5) is 0 Å². The highest BCUT2D eigenvalue weighted by Gasteiger charge is 2.18. The van der Waals surface area contributed by atoms with Crippen LogP contribution in [0.2, 0.25) is 0 Å². The zero-order valence-electron chi connectivity index (χ0n) is 17.6. The average molecular weight is 390 g/mol. The Morgan fingerprint density at radius 2 is 1.52 bits per heavy atom. The second kappa shape index (κ2) is 10.7. The van der Waals surface area contributed by atoms with Crippen LogP contribution in [0.25, 0.3) is 0 Å². The Morgan fingerprint density at radius 3 is 2.21 bits per heavy atom. The van der Waals surface area contributed by atoms with E-state index >= 15 is 0 Å². The van der Waals surface area contributed by atoms with Crippen molar-refractivity contribution in [2.45, 2.75) is 38.8 Å². The van der Waals surface area contributed by atoms with Crippen LogP contribution in [0.3, 0.4) is 0 Å². The molecular formula is C26H31NO2. The zero-order chi connectivity index (χ0) is 20.5. The van der Waals surface area contributed by atoms with Crippen molar-refractivity contribution in [2.75, 3.05) is 13.7 Å². The first-order chi connectivity index (χ1) is 14.2. The largest absolute Gasteiger partial charge is 0.496 e. The molecule has 0 heterocycles. The number of hydrogen-bond acceptors (Lipinski definition) is 3. The summed E-state index contributed by atoms with van der Waals surface area (Å²) in [6.07, 6.45) is 1.16. The SMILES string of the molecule is COc1ccccc1C(CCNCc1ccccc1)c1ccc(OC(C)C)cc1. The van der Waals surface area contributed by atoms with Gasteiger partial charge >= 0.3 is 0 Å². The number of rotatable bonds is 10. The summed E-state index contributed by atoms with van der Waals surface area (Å²) in [5.41, 5.74) is 3.79. The second-order valence-corrected chi connectivity index (χ2v) is 7.48. The molecule has 152 valence electrons. The second-order valence-electron chi connectivity index (χ2n) is 7.48. The number of benzene rings is 3. The van der Waals surface area contributed by atoms with Crippen molar-refractivity contribution >= 4 is 0 Å². The average Bonchev–Trinajstić information content (AvgIpc) is 2.75. The molecule has 3 rings (SSSR count). The van der Waals surface area contributed by atoms with Crippen molar-refractivity contribution in [3.05, 3.63) is 95.6 Å². The molecule has 1 atom stereocenters. The number of para-hydroxylation sites is 1. The van der Waals surface area contributed by atoms with Gasteiger partial charge in [-0.15, -0.1) is 0 Å². The van der Waals surface area contributed by atoms with Crippen molar-refractivity contribution < 1.29 is 9.47 Å². The maximum Gasteiger partial charge on any atom is 0.122 e. The summed E-state index contributed by atoms with van der Waals surface area (Å²) in [6.45, 7) is 5.89. The molecule has 3 nitrogen and oxygen atoms in total. The quantitative estimate of drug-likeness (QED) is 0.445. The highest BCUT2D eigenvalue weighted by Crippen LogP contribution is 2.34. The highest BCUT2D eigenvalue weighted by molar-refractivity contribution is 5.43. The van der Waals surface area contributed by atoms with E-state index in [1.165, 1.54) is 16.7 Å². The maximum absolute atomic E-state index is 5.81. The number of hydrogen-bond donors (Lipinski definition) is 1. The minimum absolute atomic E-state index is 0.174. The smallest absolute Gasteiger partial charge is 0.122 e. The summed E-state index contributed by atoms with van der Waals surface area (Å²) in [5, 5.41) is 3.58. The van der Waals surface area contributed by atoms with Gasteiger partial charge in [0.25, 0.3) is 0 Å². The molecule has 0 spiro atoms. The van der Waals surface area contributed by atoms with E-state index in [0.29, 0.717) is 0 Å². The van der Waals surface area contributed by atoms with Crippen molar-refractivity contribution in [3.8, 4) is 11.5 Å². The molecule has 3 heteroatoms. The summed E-state index contributed by atoms with van der Waals surface area (Å²) in [5.74, 6) is 2.09. The Morgan fingerprint density at radius 1 is 0.828 bits per heavy atom. The number of nitrogens with one attached hydrogen (secondary N) is 1. The van der Waals surface area contributed by atoms with Gasteiger partial charge in [0.1, 0.15) is 11.5 Å². The van der Waals surface area contributed by atoms with Gasteiger partial charge in [-0.1, -0.05) is 60.7 Å². The summed E-state index contributed by atoms with van der Waals surface area (Å²) in [6, 6.07) is 27.3. The lowest BCUT2D eigenvalue weighted by atomic mass is 9.88. The monoisotopic (exact) mass is 389 g/mol. The van der Waals surface area contributed by atoms with Crippen LogP contribution < -0.4 is 14.8 Å². The van der Waals surface area contributed by atoms with Gasteiger partial charge in [-0.3, -0.25) is 0 Å². The fraction of sp³-hybridized carbons (Fsp3) is 0.308. The standard InChI is InChI=1S/C26H31NO2/c1-20(2)29-23-15-13-22(14-16-23)24(25-11-7-8-12-26(25)28-3)17-18-27-19-21-9-5-4-6-10-21/h4-16,20,24,27H,17-19H2,1-3H3. The predicted molar refractivity (Wildman–Crippen MR) is 120 cm³/mol. The molecule has 29 heavy (non-hydrogen) atoms. The number of methoxy groups -OCH3 is 1. The molecule has 0 aliphatic heterocycles. The first-order valence-electron chi connectivity index (χ1n) is 10.3. The van der Waals surface area contributed by atoms with Crippen molar-refractivity contribution in [2.24, 2.45) is 0 Å². The van der Waals surface area contributed by atoms with E-state index in [2.05, 4.69) is 66.0 Å². The predicted octanol–water partition coefficient (Wildman–Crippen LogP) is 5.79. The van der Waals surface area contributed by atoms with Gasteiger partial charge in [-0.25, -0.2) is 0 Å². The molecule has 3 aromatic carbocycles. The van der Waals surface area contributed by atoms with Gasteiger partial charge in [-0.2, -0.15) is 0 Å². The van der Waals surface area contributed by atoms with Gasteiger partial charge in [0.2, 0.25) is 0 Å². The molecule has 0 amide bonds. The van der Waals surface area contributed by atoms with E-state index in [4.69, 9.17) is 9.47 Å².